The largest absolute Gasteiger partial charge is 0.416 e. The number of carbonyl (C=O) groups is 1. The van der Waals surface area contributed by atoms with Gasteiger partial charge in [-0.05, 0) is 37.4 Å². The Morgan fingerprint density at radius 2 is 2.00 bits per heavy atom. The summed E-state index contributed by atoms with van der Waals surface area (Å²) < 4.78 is 38.1. The molecule has 7 nitrogen and oxygen atoms in total. The third-order valence-corrected chi connectivity index (χ3v) is 4.75. The number of halogens is 3. The number of nitro benzene ring substituents is 1. The third kappa shape index (κ3) is 5.81. The van der Waals surface area contributed by atoms with Crippen LogP contribution in [0.2, 0.25) is 0 Å². The molecule has 1 fully saturated rings. The second-order valence-corrected chi connectivity index (χ2v) is 6.62. The van der Waals surface area contributed by atoms with Gasteiger partial charge in [0.25, 0.3) is 5.69 Å². The number of nitro groups is 1. The summed E-state index contributed by atoms with van der Waals surface area (Å²) in [5.41, 5.74) is 3.89. The first-order valence-electron chi connectivity index (χ1n) is 8.81. The summed E-state index contributed by atoms with van der Waals surface area (Å²) in [5.74, 6) is 0.0223. The van der Waals surface area contributed by atoms with Crippen molar-refractivity contribution in [2.75, 3.05) is 18.4 Å². The highest BCUT2D eigenvalue weighted by Crippen LogP contribution is 2.34. The van der Waals surface area contributed by atoms with Gasteiger partial charge in [0.1, 0.15) is 5.69 Å². The van der Waals surface area contributed by atoms with Gasteiger partial charge in [-0.1, -0.05) is 12.8 Å². The summed E-state index contributed by atoms with van der Waals surface area (Å²) in [6.45, 7) is 0.568. The zero-order valence-corrected chi connectivity index (χ0v) is 14.7. The molecule has 2 atom stereocenters. The van der Waals surface area contributed by atoms with Crippen LogP contribution in [0.15, 0.2) is 18.2 Å². The van der Waals surface area contributed by atoms with Crippen molar-refractivity contribution < 1.29 is 22.9 Å². The number of hydrogen-bond acceptors (Lipinski definition) is 5. The Kier molecular flexibility index (Phi) is 7.00. The van der Waals surface area contributed by atoms with Gasteiger partial charge in [0.05, 0.1) is 10.5 Å². The topological polar surface area (TPSA) is 110 Å². The second kappa shape index (κ2) is 9.03. The van der Waals surface area contributed by atoms with Crippen molar-refractivity contribution in [3.8, 4) is 0 Å². The lowest BCUT2D eigenvalue weighted by Gasteiger charge is -2.31. The summed E-state index contributed by atoms with van der Waals surface area (Å²) in [6, 6.07) is 2.28. The van der Waals surface area contributed by atoms with Crippen LogP contribution in [0.4, 0.5) is 24.5 Å². The lowest BCUT2D eigenvalue weighted by atomic mass is 9.84. The number of nitrogens with zero attached hydrogens (tertiary/aromatic N) is 1. The SMILES string of the molecule is NCC1CCCCC1NC(=O)CCNc1ccc(C(F)(F)F)cc1[N+](=O)[O-]. The van der Waals surface area contributed by atoms with Crippen molar-refractivity contribution in [1.29, 1.82) is 0 Å². The maximum atomic E-state index is 12.7. The number of amides is 1. The number of rotatable bonds is 7. The van der Waals surface area contributed by atoms with E-state index >= 15 is 0 Å². The van der Waals surface area contributed by atoms with E-state index in [1.807, 2.05) is 0 Å². The van der Waals surface area contributed by atoms with E-state index < -0.39 is 22.4 Å². The van der Waals surface area contributed by atoms with E-state index in [9.17, 15) is 28.1 Å². The van der Waals surface area contributed by atoms with E-state index in [1.165, 1.54) is 0 Å². The van der Waals surface area contributed by atoms with Crippen molar-refractivity contribution >= 4 is 17.3 Å². The van der Waals surface area contributed by atoms with E-state index in [-0.39, 0.29) is 36.5 Å². The van der Waals surface area contributed by atoms with Crippen LogP contribution in [0.25, 0.3) is 0 Å². The molecular weight excluding hydrogens is 365 g/mol. The average molecular weight is 388 g/mol. The number of alkyl halides is 3. The van der Waals surface area contributed by atoms with Gasteiger partial charge in [-0.3, -0.25) is 14.9 Å². The maximum absolute atomic E-state index is 12.7. The zero-order chi connectivity index (χ0) is 20.0. The summed E-state index contributed by atoms with van der Waals surface area (Å²) >= 11 is 0. The van der Waals surface area contributed by atoms with Crippen LogP contribution in [-0.2, 0) is 11.0 Å². The van der Waals surface area contributed by atoms with Gasteiger partial charge in [-0.15, -0.1) is 0 Å². The molecule has 1 aliphatic carbocycles. The Balaban J connectivity index is 1.92. The van der Waals surface area contributed by atoms with Crippen molar-refractivity contribution in [2.45, 2.75) is 44.3 Å². The number of nitrogens with two attached hydrogens (primary N) is 1. The molecule has 1 amide bonds. The molecule has 0 heterocycles. The minimum Gasteiger partial charge on any atom is -0.379 e. The number of anilines is 1. The van der Waals surface area contributed by atoms with Crippen molar-refractivity contribution in [3.63, 3.8) is 0 Å². The average Bonchev–Trinajstić information content (AvgIpc) is 2.61. The summed E-state index contributed by atoms with van der Waals surface area (Å²) in [6.07, 6.45) is -0.664. The Hall–Kier alpha value is -2.36. The Morgan fingerprint density at radius 1 is 1.30 bits per heavy atom. The monoisotopic (exact) mass is 388 g/mol. The van der Waals surface area contributed by atoms with Gasteiger partial charge in [-0.25, -0.2) is 0 Å². The Bertz CT molecular complexity index is 682. The van der Waals surface area contributed by atoms with Crippen LogP contribution in [-0.4, -0.2) is 30.0 Å². The first-order chi connectivity index (χ1) is 12.7. The number of benzene rings is 1. The van der Waals surface area contributed by atoms with Crippen LogP contribution in [0.3, 0.4) is 0 Å². The molecule has 0 aliphatic heterocycles. The number of hydrogen-bond donors (Lipinski definition) is 3. The lowest BCUT2D eigenvalue weighted by Crippen LogP contribution is -2.45. The third-order valence-electron chi connectivity index (χ3n) is 4.75. The standard InChI is InChI=1S/C17H23F3N4O3/c18-17(19,20)12-5-6-14(15(9-12)24(26)27)22-8-7-16(25)23-13-4-2-1-3-11(13)10-21/h5-6,9,11,13,22H,1-4,7-8,10,21H2,(H,23,25). The zero-order valence-electron chi connectivity index (χ0n) is 14.7. The molecule has 4 N–H and O–H groups in total. The minimum absolute atomic E-state index is 0.0247. The van der Waals surface area contributed by atoms with E-state index in [2.05, 4.69) is 10.6 Å². The molecule has 1 aliphatic rings. The number of carbonyl (C=O) groups excluding carboxylic acids is 1. The molecule has 2 rings (SSSR count). The molecule has 0 aromatic heterocycles. The molecule has 150 valence electrons. The molecule has 0 radical (unpaired) electrons. The predicted molar refractivity (Wildman–Crippen MR) is 94.1 cm³/mol. The molecule has 2 unspecified atom stereocenters. The molecule has 1 aromatic rings. The second-order valence-electron chi connectivity index (χ2n) is 6.62. The van der Waals surface area contributed by atoms with E-state index in [0.29, 0.717) is 12.6 Å². The smallest absolute Gasteiger partial charge is 0.379 e. The molecule has 10 heteroatoms. The van der Waals surface area contributed by atoms with E-state index in [1.54, 1.807) is 0 Å². The van der Waals surface area contributed by atoms with Crippen LogP contribution in [0.1, 0.15) is 37.7 Å². The fraction of sp³-hybridized carbons (Fsp3) is 0.588. The minimum atomic E-state index is -4.66. The fourth-order valence-corrected chi connectivity index (χ4v) is 3.28. The van der Waals surface area contributed by atoms with E-state index in [0.717, 1.165) is 37.8 Å². The van der Waals surface area contributed by atoms with Crippen molar-refractivity contribution in [1.82, 2.24) is 5.32 Å². The molecule has 0 spiro atoms. The molecule has 0 bridgehead atoms. The van der Waals surface area contributed by atoms with Crippen LogP contribution < -0.4 is 16.4 Å². The lowest BCUT2D eigenvalue weighted by molar-refractivity contribution is -0.384. The van der Waals surface area contributed by atoms with Crippen molar-refractivity contribution in [2.24, 2.45) is 11.7 Å². The highest BCUT2D eigenvalue weighted by atomic mass is 19.4. The fourth-order valence-electron chi connectivity index (χ4n) is 3.28. The van der Waals surface area contributed by atoms with Gasteiger partial charge in [-0.2, -0.15) is 13.2 Å². The Morgan fingerprint density at radius 3 is 2.63 bits per heavy atom. The molecule has 27 heavy (non-hydrogen) atoms. The van der Waals surface area contributed by atoms with Crippen molar-refractivity contribution in [3.05, 3.63) is 33.9 Å². The summed E-state index contributed by atoms with van der Waals surface area (Å²) in [5, 5.41) is 16.6. The van der Waals surface area contributed by atoms with Gasteiger partial charge >= 0.3 is 6.18 Å². The summed E-state index contributed by atoms with van der Waals surface area (Å²) in [4.78, 5) is 22.2. The first kappa shape index (κ1) is 20.9. The first-order valence-corrected chi connectivity index (χ1v) is 8.81. The van der Waals surface area contributed by atoms with Gasteiger partial charge in [0, 0.05) is 25.1 Å². The molecule has 0 saturated heterocycles. The maximum Gasteiger partial charge on any atom is 0.416 e. The van der Waals surface area contributed by atoms with Gasteiger partial charge in [0.15, 0.2) is 0 Å². The molecular formula is C17H23F3N4O3. The highest BCUT2D eigenvalue weighted by Gasteiger charge is 2.33. The molecule has 1 aromatic carbocycles. The van der Waals surface area contributed by atoms with Crippen LogP contribution in [0.5, 0.6) is 0 Å². The van der Waals surface area contributed by atoms with Crippen LogP contribution in [0, 0.1) is 16.0 Å². The summed E-state index contributed by atoms with van der Waals surface area (Å²) in [7, 11) is 0. The predicted octanol–water partition coefficient (Wildman–Crippen LogP) is 3.05. The highest BCUT2D eigenvalue weighted by molar-refractivity contribution is 5.77. The normalized spacial score (nSPS) is 20.1. The quantitative estimate of drug-likeness (QED) is 0.491. The van der Waals surface area contributed by atoms with Gasteiger partial charge in [0.2, 0.25) is 5.91 Å². The Labute approximate surface area is 154 Å². The van der Waals surface area contributed by atoms with Crippen LogP contribution >= 0.6 is 0 Å². The molecule has 1 saturated carbocycles. The van der Waals surface area contributed by atoms with E-state index in [4.69, 9.17) is 5.73 Å². The number of nitrogens with one attached hydrogen (secondary N) is 2. The van der Waals surface area contributed by atoms with Gasteiger partial charge < -0.3 is 16.4 Å².